The van der Waals surface area contributed by atoms with Crippen molar-refractivity contribution < 1.29 is 14.0 Å². The Morgan fingerprint density at radius 1 is 0.933 bits per heavy atom. The minimum Gasteiger partial charge on any atom is -0.494 e. The van der Waals surface area contributed by atoms with Crippen molar-refractivity contribution in [2.24, 2.45) is 0 Å². The summed E-state index contributed by atoms with van der Waals surface area (Å²) in [6, 6.07) is 15.6. The lowest BCUT2D eigenvalue weighted by Gasteiger charge is -2.09. The van der Waals surface area contributed by atoms with E-state index >= 15 is 0 Å². The number of ether oxygens (including phenoxy) is 2. The highest BCUT2D eigenvalue weighted by atomic mass is 32.1. The molecule has 0 saturated heterocycles. The molecule has 0 fully saturated rings. The lowest BCUT2D eigenvalue weighted by molar-refractivity contribution is 0.242. The van der Waals surface area contributed by atoms with Gasteiger partial charge in [-0.25, -0.2) is 4.98 Å². The van der Waals surface area contributed by atoms with Gasteiger partial charge in [0, 0.05) is 16.5 Å². The summed E-state index contributed by atoms with van der Waals surface area (Å²) in [4.78, 5) is 9.22. The molecule has 0 amide bonds. The number of thiazole rings is 1. The molecule has 2 aromatic heterocycles. The molecule has 0 radical (unpaired) electrons. The number of rotatable bonds is 8. The molecule has 0 spiro atoms. The van der Waals surface area contributed by atoms with E-state index in [2.05, 4.69) is 10.1 Å². The van der Waals surface area contributed by atoms with Gasteiger partial charge < -0.3 is 14.0 Å². The minimum atomic E-state index is 0.137. The van der Waals surface area contributed by atoms with E-state index in [0.29, 0.717) is 24.7 Å². The number of hydrogen-bond acceptors (Lipinski definition) is 7. The predicted molar refractivity (Wildman–Crippen MR) is 117 cm³/mol. The molecule has 4 rings (SSSR count). The van der Waals surface area contributed by atoms with Crippen LogP contribution in [-0.4, -0.2) is 27.8 Å². The maximum absolute atomic E-state index is 5.67. The van der Waals surface area contributed by atoms with Crippen LogP contribution >= 0.6 is 11.3 Å². The van der Waals surface area contributed by atoms with E-state index in [1.807, 2.05) is 74.7 Å². The Morgan fingerprint density at radius 3 is 2.33 bits per heavy atom. The van der Waals surface area contributed by atoms with Crippen LogP contribution in [0.1, 0.15) is 31.7 Å². The minimum absolute atomic E-state index is 0.137. The van der Waals surface area contributed by atoms with Crippen LogP contribution in [0.2, 0.25) is 0 Å². The predicted octanol–water partition coefficient (Wildman–Crippen LogP) is 5.64. The van der Waals surface area contributed by atoms with Crippen LogP contribution in [0.25, 0.3) is 22.6 Å². The van der Waals surface area contributed by atoms with Crippen LogP contribution in [0.3, 0.4) is 0 Å². The second-order valence-electron chi connectivity index (χ2n) is 6.96. The van der Waals surface area contributed by atoms with Crippen molar-refractivity contribution in [3.63, 3.8) is 0 Å². The highest BCUT2D eigenvalue weighted by Crippen LogP contribution is 2.26. The van der Waals surface area contributed by atoms with Crippen molar-refractivity contribution in [3.8, 4) is 34.1 Å². The van der Waals surface area contributed by atoms with Gasteiger partial charge in [0.2, 0.25) is 11.7 Å². The lowest BCUT2D eigenvalue weighted by Crippen LogP contribution is -2.05. The van der Waals surface area contributed by atoms with Gasteiger partial charge in [-0.2, -0.15) is 4.98 Å². The summed E-state index contributed by atoms with van der Waals surface area (Å²) >= 11 is 1.58. The van der Waals surface area contributed by atoms with E-state index in [-0.39, 0.29) is 6.10 Å². The highest BCUT2D eigenvalue weighted by molar-refractivity contribution is 7.10. The molecule has 0 unspecified atom stereocenters. The van der Waals surface area contributed by atoms with Crippen LogP contribution in [0.15, 0.2) is 58.4 Å². The second-order valence-corrected chi connectivity index (χ2v) is 7.91. The second kappa shape index (κ2) is 9.09. The third kappa shape index (κ3) is 4.86. The molecule has 0 N–H and O–H groups in total. The van der Waals surface area contributed by atoms with Crippen LogP contribution in [0.5, 0.6) is 11.5 Å². The molecule has 0 aliphatic heterocycles. The molecule has 30 heavy (non-hydrogen) atoms. The summed E-state index contributed by atoms with van der Waals surface area (Å²) in [5.41, 5.74) is 2.87. The van der Waals surface area contributed by atoms with Crippen molar-refractivity contribution in [2.45, 2.75) is 33.3 Å². The molecule has 0 atom stereocenters. The molecule has 2 heterocycles. The standard InChI is InChI=1S/C23H23N3O3S/c1-4-27-18-9-5-16(6-10-18)20-14-30-22(24-20)13-21-25-23(26-29-21)17-7-11-19(12-8-17)28-15(2)3/h5-12,14-15H,4,13H2,1-3H3. The largest absolute Gasteiger partial charge is 0.494 e. The zero-order chi connectivity index (χ0) is 20.9. The summed E-state index contributed by atoms with van der Waals surface area (Å²) < 4.78 is 16.6. The van der Waals surface area contributed by atoms with Gasteiger partial charge in [0.1, 0.15) is 16.5 Å². The van der Waals surface area contributed by atoms with Gasteiger partial charge in [-0.1, -0.05) is 5.16 Å². The molecule has 0 saturated carbocycles. The van der Waals surface area contributed by atoms with Gasteiger partial charge in [-0.05, 0) is 69.3 Å². The van der Waals surface area contributed by atoms with E-state index in [1.54, 1.807) is 11.3 Å². The SMILES string of the molecule is CCOc1ccc(-c2csc(Cc3nc(-c4ccc(OC(C)C)cc4)no3)n2)cc1. The van der Waals surface area contributed by atoms with E-state index in [4.69, 9.17) is 19.0 Å². The zero-order valence-corrected chi connectivity index (χ0v) is 18.0. The first-order valence-electron chi connectivity index (χ1n) is 9.88. The van der Waals surface area contributed by atoms with E-state index in [9.17, 15) is 0 Å². The van der Waals surface area contributed by atoms with Gasteiger partial charge in [-0.3, -0.25) is 0 Å². The zero-order valence-electron chi connectivity index (χ0n) is 17.2. The Kier molecular flexibility index (Phi) is 6.09. The third-order valence-electron chi connectivity index (χ3n) is 4.27. The molecule has 0 aliphatic rings. The molecule has 154 valence electrons. The Labute approximate surface area is 179 Å². The van der Waals surface area contributed by atoms with Crippen molar-refractivity contribution in [1.82, 2.24) is 15.1 Å². The molecular weight excluding hydrogens is 398 g/mol. The number of nitrogens with zero attached hydrogens (tertiary/aromatic N) is 3. The van der Waals surface area contributed by atoms with Crippen LogP contribution in [0.4, 0.5) is 0 Å². The lowest BCUT2D eigenvalue weighted by atomic mass is 10.2. The van der Waals surface area contributed by atoms with Crippen LogP contribution < -0.4 is 9.47 Å². The number of aromatic nitrogens is 3. The quantitative estimate of drug-likeness (QED) is 0.367. The maximum atomic E-state index is 5.67. The first-order valence-corrected chi connectivity index (χ1v) is 10.8. The van der Waals surface area contributed by atoms with Crippen LogP contribution in [0, 0.1) is 0 Å². The summed E-state index contributed by atoms with van der Waals surface area (Å²) in [5, 5.41) is 7.06. The molecule has 6 nitrogen and oxygen atoms in total. The molecular formula is C23H23N3O3S. The third-order valence-corrected chi connectivity index (χ3v) is 5.12. The Balaban J connectivity index is 1.43. The van der Waals surface area contributed by atoms with Crippen molar-refractivity contribution >= 4 is 11.3 Å². The number of hydrogen-bond donors (Lipinski definition) is 0. The van der Waals surface area contributed by atoms with E-state index in [0.717, 1.165) is 33.3 Å². The fraction of sp³-hybridized carbons (Fsp3) is 0.261. The average Bonchev–Trinajstić information content (AvgIpc) is 3.39. The first kappa shape index (κ1) is 20.1. The Morgan fingerprint density at radius 2 is 1.63 bits per heavy atom. The van der Waals surface area contributed by atoms with Gasteiger partial charge in [0.15, 0.2) is 0 Å². The average molecular weight is 422 g/mol. The van der Waals surface area contributed by atoms with Gasteiger partial charge in [0.25, 0.3) is 0 Å². The van der Waals surface area contributed by atoms with Crippen molar-refractivity contribution in [1.29, 1.82) is 0 Å². The molecule has 7 heteroatoms. The fourth-order valence-electron chi connectivity index (χ4n) is 2.94. The summed E-state index contributed by atoms with van der Waals surface area (Å²) in [6.07, 6.45) is 0.641. The highest BCUT2D eigenvalue weighted by Gasteiger charge is 2.13. The molecule has 2 aromatic carbocycles. The van der Waals surface area contributed by atoms with Crippen molar-refractivity contribution in [3.05, 3.63) is 64.8 Å². The first-order chi connectivity index (χ1) is 14.6. The fourth-order valence-corrected chi connectivity index (χ4v) is 3.74. The molecule has 0 aliphatic carbocycles. The molecule has 0 bridgehead atoms. The van der Waals surface area contributed by atoms with Gasteiger partial charge in [-0.15, -0.1) is 11.3 Å². The van der Waals surface area contributed by atoms with Crippen LogP contribution in [-0.2, 0) is 6.42 Å². The smallest absolute Gasteiger partial charge is 0.233 e. The summed E-state index contributed by atoms with van der Waals surface area (Å²) in [5.74, 6) is 2.78. The monoisotopic (exact) mass is 421 g/mol. The normalized spacial score (nSPS) is 11.1. The van der Waals surface area contributed by atoms with Gasteiger partial charge >= 0.3 is 0 Å². The topological polar surface area (TPSA) is 70.3 Å². The van der Waals surface area contributed by atoms with Crippen molar-refractivity contribution in [2.75, 3.05) is 6.61 Å². The summed E-state index contributed by atoms with van der Waals surface area (Å²) in [6.45, 7) is 6.63. The summed E-state index contributed by atoms with van der Waals surface area (Å²) in [7, 11) is 0. The Hall–Kier alpha value is -3.19. The maximum Gasteiger partial charge on any atom is 0.233 e. The van der Waals surface area contributed by atoms with E-state index < -0.39 is 0 Å². The Bertz CT molecular complexity index is 1090. The molecule has 4 aromatic rings. The number of benzene rings is 2. The van der Waals surface area contributed by atoms with Gasteiger partial charge in [0.05, 0.1) is 24.8 Å². The van der Waals surface area contributed by atoms with E-state index in [1.165, 1.54) is 0 Å².